The number of nitrogens with one attached hydrogen (secondary N) is 1. The molecule has 0 aromatic heterocycles. The fourth-order valence-electron chi connectivity index (χ4n) is 1.41. The number of hydrogen-bond acceptors (Lipinski definition) is 1. The van der Waals surface area contributed by atoms with Crippen LogP contribution in [0.3, 0.4) is 0 Å². The van der Waals surface area contributed by atoms with E-state index in [1.165, 1.54) is 10.8 Å². The Morgan fingerprint density at radius 2 is 1.73 bits per heavy atom. The summed E-state index contributed by atoms with van der Waals surface area (Å²) in [6.45, 7) is 6.31. The molecule has 22 heavy (non-hydrogen) atoms. The molecule has 6 heteroatoms. The third-order valence-electron chi connectivity index (χ3n) is 2.30. The largest absolute Gasteiger partial charge is 4.00 e. The molecule has 0 atom stereocenters. The predicted octanol–water partition coefficient (Wildman–Crippen LogP) is -0.894. The topological polar surface area (TPSA) is 40.9 Å². The predicted molar refractivity (Wildman–Crippen MR) is 85.9 cm³/mol. The summed E-state index contributed by atoms with van der Waals surface area (Å²) in [5, 5.41) is 2.66. The van der Waals surface area contributed by atoms with E-state index in [9.17, 15) is 4.79 Å². The molecule has 0 aliphatic rings. The molecule has 0 aliphatic carbocycles. The van der Waals surface area contributed by atoms with Gasteiger partial charge in [-0.25, -0.2) is 0 Å². The molecule has 0 saturated heterocycles. The molecular weight excluding hydrogens is 369 g/mol. The van der Waals surface area contributed by atoms with Gasteiger partial charge in [-0.3, -0.25) is 0 Å². The van der Waals surface area contributed by atoms with Gasteiger partial charge >= 0.3 is 21.7 Å². The minimum absolute atomic E-state index is 0. The molecule has 1 N–H and O–H groups in total. The van der Waals surface area contributed by atoms with Crippen LogP contribution in [-0.4, -0.2) is 15.4 Å². The summed E-state index contributed by atoms with van der Waals surface area (Å²) in [6.07, 6.45) is 2.30. The van der Waals surface area contributed by atoms with Crippen LogP contribution in [0.5, 0.6) is 0 Å². The molecule has 0 spiro atoms. The van der Waals surface area contributed by atoms with Gasteiger partial charge in [-0.05, 0) is 12.8 Å². The first-order valence-electron chi connectivity index (χ1n) is 6.59. The zero-order valence-electron chi connectivity index (χ0n) is 13.3. The maximum atomic E-state index is 9.87. The van der Waals surface area contributed by atoms with E-state index >= 15 is 0 Å². The van der Waals surface area contributed by atoms with E-state index in [4.69, 9.17) is 5.73 Å². The number of fused-ring (bicyclic) bond motifs is 1. The number of amides is 1. The van der Waals surface area contributed by atoms with Gasteiger partial charge in [0.15, 0.2) is 0 Å². The van der Waals surface area contributed by atoms with Crippen molar-refractivity contribution in [1.82, 2.24) is 0 Å². The summed E-state index contributed by atoms with van der Waals surface area (Å²) in [5.41, 5.74) is 6.44. The molecule has 0 aliphatic heterocycles. The Morgan fingerprint density at radius 3 is 2.14 bits per heavy atom. The normalized spacial score (nSPS) is 7.77. The van der Waals surface area contributed by atoms with Gasteiger partial charge in [-0.1, -0.05) is 32.5 Å². The van der Waals surface area contributed by atoms with Gasteiger partial charge in [-0.15, -0.1) is 29.7 Å². The fraction of sp³-hybridized carbons (Fsp3) is 0.375. The third-order valence-corrected chi connectivity index (χ3v) is 2.30. The average Bonchev–Trinajstić information content (AvgIpc) is 2.86. The van der Waals surface area contributed by atoms with Gasteiger partial charge in [0.05, 0.1) is 0 Å². The number of unbranched alkanes of at least 4 members (excludes halogenated alkanes) is 1. The van der Waals surface area contributed by atoms with Crippen LogP contribution in [0.15, 0.2) is 42.5 Å². The van der Waals surface area contributed by atoms with Crippen LogP contribution in [0.2, 0.25) is 13.1 Å². The van der Waals surface area contributed by atoms with Crippen LogP contribution < -0.4 is 24.8 Å². The molecule has 0 unspecified atom stereocenters. The molecule has 2 rings (SSSR count). The van der Waals surface area contributed by atoms with Gasteiger partial charge in [0.1, 0.15) is 0 Å². The van der Waals surface area contributed by atoms with Gasteiger partial charge in [0.2, 0.25) is 0 Å². The second kappa shape index (κ2) is 20.8. The average molecular weight is 392 g/mol. The Labute approximate surface area is 164 Å². The Morgan fingerprint density at radius 1 is 1.18 bits per heavy atom. The zero-order valence-corrected chi connectivity index (χ0v) is 17.4. The first-order chi connectivity index (χ1) is 9.15. The van der Waals surface area contributed by atoms with Crippen LogP contribution in [-0.2, 0) is 26.5 Å². The quantitative estimate of drug-likeness (QED) is 0.494. The molecule has 1 amide bonds. The van der Waals surface area contributed by atoms with Crippen molar-refractivity contribution in [3.05, 3.63) is 48.2 Å². The Hall–Kier alpha value is -0.189. The number of carbonyl (C=O) groups is 1. The monoisotopic (exact) mass is 391 g/mol. The Kier molecular flexibility index (Phi) is 28.2. The van der Waals surface area contributed by atoms with Crippen LogP contribution in [0, 0.1) is 0 Å². The van der Waals surface area contributed by atoms with Gasteiger partial charge in [-0.2, -0.15) is 17.5 Å². The van der Waals surface area contributed by atoms with E-state index in [1.807, 2.05) is 6.92 Å². The van der Waals surface area contributed by atoms with Crippen molar-refractivity contribution in [1.29, 1.82) is 0 Å². The van der Waals surface area contributed by atoms with Crippen molar-refractivity contribution in [2.75, 3.05) is 0 Å². The van der Waals surface area contributed by atoms with Gasteiger partial charge in [0.25, 0.3) is 0 Å². The van der Waals surface area contributed by atoms with Crippen LogP contribution in [0.1, 0.15) is 26.2 Å². The van der Waals surface area contributed by atoms with Crippen molar-refractivity contribution < 1.29 is 51.3 Å². The van der Waals surface area contributed by atoms with Crippen LogP contribution >= 0.6 is 0 Å². The van der Waals surface area contributed by atoms with Crippen molar-refractivity contribution in [3.63, 3.8) is 0 Å². The molecule has 0 saturated carbocycles. The third kappa shape index (κ3) is 16.2. The molecule has 2 nitrogen and oxygen atoms in total. The van der Waals surface area contributed by atoms with Crippen molar-refractivity contribution >= 4 is 26.2 Å². The van der Waals surface area contributed by atoms with E-state index in [1.54, 1.807) is 0 Å². The van der Waals surface area contributed by atoms with Gasteiger partial charge in [0, 0.05) is 15.4 Å². The molecule has 0 bridgehead atoms. The SMILES string of the molecule is CCCCC([NH-])=O.C[Si]C.[Cl-].[Cl-].[Ti+4].c1ccc2[cH-]ccc2c1. The van der Waals surface area contributed by atoms with E-state index in [0.29, 0.717) is 6.42 Å². The summed E-state index contributed by atoms with van der Waals surface area (Å²) in [4.78, 5) is 9.87. The van der Waals surface area contributed by atoms with Crippen molar-refractivity contribution in [2.24, 2.45) is 0 Å². The van der Waals surface area contributed by atoms with Gasteiger partial charge < -0.3 is 35.3 Å². The minimum Gasteiger partial charge on any atom is -1.00 e. The van der Waals surface area contributed by atoms with E-state index in [0.717, 1.165) is 22.4 Å². The first kappa shape index (κ1) is 29.8. The van der Waals surface area contributed by atoms with Crippen molar-refractivity contribution in [3.8, 4) is 0 Å². The second-order valence-electron chi connectivity index (χ2n) is 4.18. The smallest absolute Gasteiger partial charge is 1.00 e. The summed E-state index contributed by atoms with van der Waals surface area (Å²) in [5.74, 6) is -0.443. The maximum absolute atomic E-state index is 9.87. The molecule has 0 fully saturated rings. The van der Waals surface area contributed by atoms with E-state index < -0.39 is 5.91 Å². The van der Waals surface area contributed by atoms with Crippen molar-refractivity contribution in [2.45, 2.75) is 39.3 Å². The number of benzene rings is 1. The summed E-state index contributed by atoms with van der Waals surface area (Å²) >= 11 is 0. The molecule has 2 aromatic rings. The Bertz CT molecular complexity index is 436. The number of hydrogen-bond donors (Lipinski definition) is 0. The standard InChI is InChI=1S/C9H7.C5H11NO.C2H6Si.2ClH.Ti/c1-2-5-9-7-3-6-8(9)4-1;1-2-3-4-5(6)7;1-3-2;;;/h1-7H;2-4H2,1H3,(H2,6,7);1-2H3;2*1H;/q-1;;;;;+4/p-3. The summed E-state index contributed by atoms with van der Waals surface area (Å²) in [6, 6.07) is 14.7. The number of rotatable bonds is 3. The number of carbonyl (C=O) groups excluding carboxylic acids is 1. The van der Waals surface area contributed by atoms with Crippen LogP contribution in [0.25, 0.3) is 16.5 Å². The molecule has 0 heterocycles. The number of halogens is 2. The molecule has 2 radical (unpaired) electrons. The zero-order chi connectivity index (χ0) is 14.5. The Balaban J connectivity index is -0.000000115. The summed E-state index contributed by atoms with van der Waals surface area (Å²) in [7, 11) is 1.08. The second-order valence-corrected chi connectivity index (χ2v) is 5.18. The first-order valence-corrected chi connectivity index (χ1v) is 8.59. The molecule has 120 valence electrons. The molecule has 2 aromatic carbocycles. The van der Waals surface area contributed by atoms with E-state index in [-0.39, 0.29) is 46.5 Å². The minimum atomic E-state index is -0.443. The maximum Gasteiger partial charge on any atom is 4.00 e. The summed E-state index contributed by atoms with van der Waals surface area (Å²) < 4.78 is 0. The fourth-order valence-corrected chi connectivity index (χ4v) is 1.41. The van der Waals surface area contributed by atoms with E-state index in [2.05, 4.69) is 55.6 Å². The van der Waals surface area contributed by atoms with Crippen LogP contribution in [0.4, 0.5) is 0 Å². The molecular formula is C16H23Cl2NOSiTi.